The summed E-state index contributed by atoms with van der Waals surface area (Å²) < 4.78 is 10.7. The summed E-state index contributed by atoms with van der Waals surface area (Å²) in [6.45, 7) is 4.80. The smallest absolute Gasteiger partial charge is 0.407 e. The molecule has 2 aromatic rings. The minimum atomic E-state index is -0.524. The molecule has 0 aliphatic heterocycles. The SMILES string of the molecule is COC(=O)NCC1=CC(=NOc2ccccc2C(C)OCc2cccc(C)c2)CC=C1Cl. The Bertz CT molecular complexity index is 1050. The molecule has 0 saturated heterocycles. The highest BCUT2D eigenvalue weighted by Gasteiger charge is 2.15. The average Bonchev–Trinajstić information content (AvgIpc) is 2.81. The first kappa shape index (κ1) is 23.6. The molecular weight excluding hydrogens is 428 g/mol. The van der Waals surface area contributed by atoms with Crippen molar-refractivity contribution in [1.82, 2.24) is 5.32 Å². The van der Waals surface area contributed by atoms with E-state index in [1.807, 2.05) is 43.3 Å². The predicted molar refractivity (Wildman–Crippen MR) is 126 cm³/mol. The highest BCUT2D eigenvalue weighted by Crippen LogP contribution is 2.29. The number of carbonyl (C=O) groups is 1. The first-order valence-corrected chi connectivity index (χ1v) is 10.7. The van der Waals surface area contributed by atoms with Gasteiger partial charge in [-0.3, -0.25) is 0 Å². The van der Waals surface area contributed by atoms with Crippen LogP contribution >= 0.6 is 11.6 Å². The van der Waals surface area contributed by atoms with Crippen LogP contribution in [0.5, 0.6) is 5.75 Å². The maximum Gasteiger partial charge on any atom is 0.407 e. The predicted octanol–water partition coefficient (Wildman–Crippen LogP) is 5.82. The van der Waals surface area contributed by atoms with Crippen LogP contribution in [0, 0.1) is 6.92 Å². The normalized spacial score (nSPS) is 15.6. The molecule has 0 radical (unpaired) electrons. The second-order valence-electron chi connectivity index (χ2n) is 7.42. The number of nitrogens with zero attached hydrogens (tertiary/aromatic N) is 1. The number of aryl methyl sites for hydroxylation is 1. The van der Waals surface area contributed by atoms with Crippen molar-refractivity contribution in [3.63, 3.8) is 0 Å². The third kappa shape index (κ3) is 6.70. The van der Waals surface area contributed by atoms with E-state index in [1.54, 1.807) is 6.08 Å². The molecule has 6 nitrogen and oxygen atoms in total. The summed E-state index contributed by atoms with van der Waals surface area (Å²) in [5.74, 6) is 0.625. The number of hydrogen-bond acceptors (Lipinski definition) is 5. The maximum absolute atomic E-state index is 11.3. The number of benzene rings is 2. The van der Waals surface area contributed by atoms with Crippen molar-refractivity contribution in [3.8, 4) is 5.75 Å². The topological polar surface area (TPSA) is 69.2 Å². The molecule has 168 valence electrons. The molecule has 0 saturated carbocycles. The lowest BCUT2D eigenvalue weighted by molar-refractivity contribution is 0.0505. The van der Waals surface area contributed by atoms with Gasteiger partial charge in [-0.15, -0.1) is 0 Å². The van der Waals surface area contributed by atoms with Crippen molar-refractivity contribution in [2.45, 2.75) is 33.0 Å². The third-order valence-electron chi connectivity index (χ3n) is 4.95. The monoisotopic (exact) mass is 454 g/mol. The van der Waals surface area contributed by atoms with Crippen LogP contribution in [0.25, 0.3) is 0 Å². The molecule has 0 spiro atoms. The standard InChI is InChI=1S/C25H27ClN2O4/c1-17-7-6-8-19(13-17)16-31-18(2)22-9-4-5-10-24(22)32-28-21-11-12-23(26)20(14-21)15-27-25(29)30-3/h4-10,12-14,18H,11,15-16H2,1-3H3,(H,27,29). The number of alkyl carbamates (subject to hydrolysis) is 1. The van der Waals surface area contributed by atoms with E-state index in [0.29, 0.717) is 29.5 Å². The molecule has 0 bridgehead atoms. The molecular formula is C25H27ClN2O4. The van der Waals surface area contributed by atoms with E-state index in [-0.39, 0.29) is 12.6 Å². The van der Waals surface area contributed by atoms with E-state index in [9.17, 15) is 4.79 Å². The number of carbonyl (C=O) groups excluding carboxylic acids is 1. The molecule has 1 amide bonds. The van der Waals surface area contributed by atoms with Crippen molar-refractivity contribution in [2.75, 3.05) is 13.7 Å². The van der Waals surface area contributed by atoms with Crippen molar-refractivity contribution >= 4 is 23.4 Å². The Morgan fingerprint density at radius 2 is 2.03 bits per heavy atom. The molecule has 1 N–H and O–H groups in total. The number of hydrogen-bond donors (Lipinski definition) is 1. The highest BCUT2D eigenvalue weighted by molar-refractivity contribution is 6.33. The zero-order valence-corrected chi connectivity index (χ0v) is 19.2. The van der Waals surface area contributed by atoms with E-state index in [0.717, 1.165) is 16.7 Å². The highest BCUT2D eigenvalue weighted by atomic mass is 35.5. The van der Waals surface area contributed by atoms with E-state index in [4.69, 9.17) is 21.2 Å². The summed E-state index contributed by atoms with van der Waals surface area (Å²) in [6, 6.07) is 15.9. The number of methoxy groups -OCH3 is 1. The van der Waals surface area contributed by atoms with Gasteiger partial charge < -0.3 is 19.6 Å². The summed E-state index contributed by atoms with van der Waals surface area (Å²) in [6.07, 6.45) is 3.46. The molecule has 1 atom stereocenters. The lowest BCUT2D eigenvalue weighted by atomic mass is 10.1. The quantitative estimate of drug-likeness (QED) is 0.510. The number of nitrogens with one attached hydrogen (secondary N) is 1. The summed E-state index contributed by atoms with van der Waals surface area (Å²) in [5, 5.41) is 7.48. The van der Waals surface area contributed by atoms with Crippen LogP contribution in [0.15, 0.2) is 76.4 Å². The fraction of sp³-hybridized carbons (Fsp3) is 0.280. The van der Waals surface area contributed by atoms with Gasteiger partial charge in [-0.2, -0.15) is 0 Å². The fourth-order valence-corrected chi connectivity index (χ4v) is 3.41. The lowest BCUT2D eigenvalue weighted by Crippen LogP contribution is -2.26. The van der Waals surface area contributed by atoms with E-state index >= 15 is 0 Å². The van der Waals surface area contributed by atoms with Crippen molar-refractivity contribution < 1.29 is 19.1 Å². The fourth-order valence-electron chi connectivity index (χ4n) is 3.21. The molecule has 0 aromatic heterocycles. The molecule has 0 fully saturated rings. The number of halogens is 1. The lowest BCUT2D eigenvalue weighted by Gasteiger charge is -2.17. The van der Waals surface area contributed by atoms with Crippen molar-refractivity contribution in [2.24, 2.45) is 5.16 Å². The Hall–Kier alpha value is -3.09. The first-order chi connectivity index (χ1) is 15.5. The van der Waals surface area contributed by atoms with Gasteiger partial charge in [-0.05, 0) is 37.1 Å². The Kier molecular flexibility index (Phi) is 8.48. The zero-order chi connectivity index (χ0) is 22.9. The molecule has 7 heteroatoms. The first-order valence-electron chi connectivity index (χ1n) is 10.3. The largest absolute Gasteiger partial charge is 0.453 e. The maximum atomic E-state index is 11.3. The van der Waals surface area contributed by atoms with E-state index in [2.05, 4.69) is 40.3 Å². The molecule has 2 aromatic carbocycles. The number of para-hydroxylation sites is 1. The van der Waals surface area contributed by atoms with Crippen LogP contribution in [-0.2, 0) is 16.1 Å². The Morgan fingerprint density at radius 1 is 1.22 bits per heavy atom. The summed E-state index contributed by atoms with van der Waals surface area (Å²) in [7, 11) is 1.31. The minimum Gasteiger partial charge on any atom is -0.453 e. The molecule has 3 rings (SSSR count). The second kappa shape index (κ2) is 11.5. The summed E-state index contributed by atoms with van der Waals surface area (Å²) in [5.41, 5.74) is 4.66. The minimum absolute atomic E-state index is 0.178. The third-order valence-corrected chi connectivity index (χ3v) is 5.34. The number of oxime groups is 1. The number of allylic oxidation sites excluding steroid dienone is 2. The second-order valence-corrected chi connectivity index (χ2v) is 7.83. The Labute approximate surface area is 193 Å². The van der Waals surface area contributed by atoms with E-state index in [1.165, 1.54) is 12.7 Å². The molecule has 32 heavy (non-hydrogen) atoms. The van der Waals surface area contributed by atoms with Gasteiger partial charge in [0.05, 0.1) is 25.5 Å². The van der Waals surface area contributed by atoms with Gasteiger partial charge in [0, 0.05) is 23.6 Å². The van der Waals surface area contributed by atoms with Gasteiger partial charge >= 0.3 is 6.09 Å². The number of ether oxygens (including phenoxy) is 2. The van der Waals surface area contributed by atoms with Gasteiger partial charge in [-0.1, -0.05) is 70.9 Å². The van der Waals surface area contributed by atoms with Crippen LogP contribution in [0.4, 0.5) is 4.79 Å². The summed E-state index contributed by atoms with van der Waals surface area (Å²) in [4.78, 5) is 17.1. The van der Waals surface area contributed by atoms with Gasteiger partial charge in [0.1, 0.15) is 0 Å². The van der Waals surface area contributed by atoms with Gasteiger partial charge in [0.25, 0.3) is 0 Å². The van der Waals surface area contributed by atoms with Crippen LogP contribution in [0.3, 0.4) is 0 Å². The average molecular weight is 455 g/mol. The van der Waals surface area contributed by atoms with Crippen LogP contribution in [0.2, 0.25) is 0 Å². The molecule has 0 heterocycles. The van der Waals surface area contributed by atoms with Crippen molar-refractivity contribution in [3.05, 3.63) is 88.0 Å². The van der Waals surface area contributed by atoms with Crippen molar-refractivity contribution in [1.29, 1.82) is 0 Å². The van der Waals surface area contributed by atoms with E-state index < -0.39 is 6.09 Å². The summed E-state index contributed by atoms with van der Waals surface area (Å²) >= 11 is 6.24. The Morgan fingerprint density at radius 3 is 2.81 bits per heavy atom. The zero-order valence-electron chi connectivity index (χ0n) is 18.4. The molecule has 1 aliphatic rings. The van der Waals surface area contributed by atoms with Gasteiger partial charge in [0.2, 0.25) is 0 Å². The molecule has 1 unspecified atom stereocenters. The Balaban J connectivity index is 1.67. The number of amides is 1. The number of rotatable bonds is 8. The molecule has 1 aliphatic carbocycles. The van der Waals surface area contributed by atoms with Gasteiger partial charge in [-0.25, -0.2) is 4.79 Å². The van der Waals surface area contributed by atoms with Gasteiger partial charge in [0.15, 0.2) is 5.75 Å². The van der Waals surface area contributed by atoms with Crippen LogP contribution in [-0.4, -0.2) is 25.5 Å². The van der Waals surface area contributed by atoms with Crippen LogP contribution < -0.4 is 10.2 Å². The van der Waals surface area contributed by atoms with Crippen LogP contribution in [0.1, 0.15) is 36.1 Å².